The van der Waals surface area contributed by atoms with E-state index in [9.17, 15) is 9.59 Å². The van der Waals surface area contributed by atoms with Gasteiger partial charge in [-0.05, 0) is 0 Å². The first-order valence-corrected chi connectivity index (χ1v) is 9.98. The van der Waals surface area contributed by atoms with Crippen molar-refractivity contribution in [1.29, 1.82) is 0 Å². The minimum Gasteiger partial charge on any atom is -0.377 e. The Kier molecular flexibility index (Phi) is 34.2. The average molecular weight is 411 g/mol. The summed E-state index contributed by atoms with van der Waals surface area (Å²) in [6.45, 7) is 14.3. The molecule has 0 aliphatic rings. The fourth-order valence-electron chi connectivity index (χ4n) is 1.51. The molecule has 0 saturated carbocycles. The number of rotatable bonds is 17. The zero-order valence-electron chi connectivity index (χ0n) is 18.6. The first kappa shape index (κ1) is 31.4. The lowest BCUT2D eigenvalue weighted by Gasteiger charge is -2.08. The predicted octanol–water partition coefficient (Wildman–Crippen LogP) is 1.00. The third-order valence-electron chi connectivity index (χ3n) is 2.58. The first-order chi connectivity index (χ1) is 13.7. The Bertz CT molecular complexity index is 319. The highest BCUT2D eigenvalue weighted by molar-refractivity contribution is 5.77. The number of amides is 2. The van der Waals surface area contributed by atoms with E-state index in [1.165, 1.54) is 14.0 Å². The largest absolute Gasteiger partial charge is 0.377 e. The van der Waals surface area contributed by atoms with Crippen molar-refractivity contribution < 1.29 is 33.3 Å². The maximum Gasteiger partial charge on any atom is 0.246 e. The van der Waals surface area contributed by atoms with Gasteiger partial charge in [0.2, 0.25) is 11.8 Å². The van der Waals surface area contributed by atoms with Crippen LogP contribution in [-0.4, -0.2) is 91.5 Å². The molecule has 0 aromatic carbocycles. The maximum absolute atomic E-state index is 11.0. The van der Waals surface area contributed by atoms with Crippen LogP contribution in [0.15, 0.2) is 0 Å². The zero-order chi connectivity index (χ0) is 21.9. The van der Waals surface area contributed by atoms with E-state index in [1.54, 1.807) is 0 Å². The number of methoxy groups -OCH3 is 1. The number of nitrogens with one attached hydrogen (secondary N) is 2. The van der Waals surface area contributed by atoms with Gasteiger partial charge in [0.05, 0.1) is 52.9 Å². The molecule has 0 aromatic heterocycles. The molecule has 0 rings (SSSR count). The van der Waals surface area contributed by atoms with Gasteiger partial charge in [-0.25, -0.2) is 0 Å². The highest BCUT2D eigenvalue weighted by atomic mass is 16.6. The molecular formula is C19H42N2O7. The Balaban J connectivity index is -0.00000146. The Labute approximate surface area is 170 Å². The van der Waals surface area contributed by atoms with Gasteiger partial charge in [0.25, 0.3) is 0 Å². The Morgan fingerprint density at radius 3 is 1.36 bits per heavy atom. The Hall–Kier alpha value is -1.26. The van der Waals surface area contributed by atoms with Crippen molar-refractivity contribution in [3.05, 3.63) is 0 Å². The van der Waals surface area contributed by atoms with Crippen LogP contribution in [0.3, 0.4) is 0 Å². The molecule has 9 heteroatoms. The summed E-state index contributed by atoms with van der Waals surface area (Å²) in [6.07, 6.45) is 0. The van der Waals surface area contributed by atoms with E-state index in [1.807, 2.05) is 27.7 Å². The van der Waals surface area contributed by atoms with E-state index in [0.717, 1.165) is 0 Å². The summed E-state index contributed by atoms with van der Waals surface area (Å²) >= 11 is 0. The average Bonchev–Trinajstić information content (AvgIpc) is 2.70. The molecule has 0 unspecified atom stereocenters. The van der Waals surface area contributed by atoms with Crippen molar-refractivity contribution in [2.45, 2.75) is 34.6 Å². The molecule has 0 aliphatic heterocycles. The van der Waals surface area contributed by atoms with Gasteiger partial charge in [-0.15, -0.1) is 0 Å². The third-order valence-corrected chi connectivity index (χ3v) is 2.58. The molecule has 0 heterocycles. The summed E-state index contributed by atoms with van der Waals surface area (Å²) in [6, 6.07) is 0. The van der Waals surface area contributed by atoms with Crippen LogP contribution in [-0.2, 0) is 33.3 Å². The summed E-state index contributed by atoms with van der Waals surface area (Å²) in [5.74, 6) is -0.222. The normalized spacial score (nSPS) is 9.50. The highest BCUT2D eigenvalue weighted by Gasteiger charge is 1.98. The maximum atomic E-state index is 11.0. The second-order valence-corrected chi connectivity index (χ2v) is 4.72. The molecular weight excluding hydrogens is 368 g/mol. The number of hydrogen-bond acceptors (Lipinski definition) is 7. The number of carbonyl (C=O) groups is 2. The highest BCUT2D eigenvalue weighted by Crippen LogP contribution is 1.83. The summed E-state index contributed by atoms with van der Waals surface area (Å²) in [5, 5.41) is 5.29. The molecule has 0 aliphatic carbocycles. The second-order valence-electron chi connectivity index (χ2n) is 4.72. The van der Waals surface area contributed by atoms with E-state index < -0.39 is 0 Å². The van der Waals surface area contributed by atoms with E-state index in [4.69, 9.17) is 18.9 Å². The lowest BCUT2D eigenvalue weighted by Crippen LogP contribution is -2.30. The molecule has 2 N–H and O–H groups in total. The van der Waals surface area contributed by atoms with Crippen LogP contribution in [0.1, 0.15) is 34.6 Å². The lowest BCUT2D eigenvalue weighted by molar-refractivity contribution is -0.125. The van der Waals surface area contributed by atoms with Crippen molar-refractivity contribution in [1.82, 2.24) is 10.6 Å². The van der Waals surface area contributed by atoms with Crippen molar-refractivity contribution in [2.24, 2.45) is 0 Å². The zero-order valence-corrected chi connectivity index (χ0v) is 18.6. The van der Waals surface area contributed by atoms with Crippen LogP contribution >= 0.6 is 0 Å². The predicted molar refractivity (Wildman–Crippen MR) is 110 cm³/mol. The van der Waals surface area contributed by atoms with E-state index in [-0.39, 0.29) is 18.4 Å². The summed E-state index contributed by atoms with van der Waals surface area (Å²) < 4.78 is 25.9. The van der Waals surface area contributed by atoms with Crippen LogP contribution in [0.5, 0.6) is 0 Å². The number of ether oxygens (including phenoxy) is 5. The SMILES string of the molecule is CC.CC.COCC(=O)NCCOCCOCCOCCOCCNC(C)=O. The van der Waals surface area contributed by atoms with E-state index in [0.29, 0.717) is 65.9 Å². The quantitative estimate of drug-likeness (QED) is 0.345. The number of hydrogen-bond donors (Lipinski definition) is 2. The molecule has 0 bridgehead atoms. The van der Waals surface area contributed by atoms with Crippen LogP contribution in [0.4, 0.5) is 0 Å². The minimum absolute atomic E-state index is 0.0590. The molecule has 2 amide bonds. The van der Waals surface area contributed by atoms with Crippen molar-refractivity contribution in [3.63, 3.8) is 0 Å². The van der Waals surface area contributed by atoms with Gasteiger partial charge in [0.1, 0.15) is 6.61 Å². The molecule has 9 nitrogen and oxygen atoms in total. The summed E-state index contributed by atoms with van der Waals surface area (Å²) in [7, 11) is 1.47. The van der Waals surface area contributed by atoms with Gasteiger partial charge < -0.3 is 34.3 Å². The molecule has 0 saturated heterocycles. The van der Waals surface area contributed by atoms with Crippen molar-refractivity contribution in [3.8, 4) is 0 Å². The molecule has 28 heavy (non-hydrogen) atoms. The molecule has 0 radical (unpaired) electrons. The minimum atomic E-state index is -0.159. The molecule has 0 spiro atoms. The first-order valence-electron chi connectivity index (χ1n) is 9.98. The van der Waals surface area contributed by atoms with Crippen LogP contribution < -0.4 is 10.6 Å². The Morgan fingerprint density at radius 2 is 1.00 bits per heavy atom. The second kappa shape index (κ2) is 30.5. The van der Waals surface area contributed by atoms with Gasteiger partial charge in [-0.2, -0.15) is 0 Å². The topological polar surface area (TPSA) is 104 Å². The van der Waals surface area contributed by atoms with Gasteiger partial charge in [0, 0.05) is 27.1 Å². The van der Waals surface area contributed by atoms with Gasteiger partial charge in [-0.1, -0.05) is 27.7 Å². The van der Waals surface area contributed by atoms with Crippen molar-refractivity contribution in [2.75, 3.05) is 79.7 Å². The number of carbonyl (C=O) groups excluding carboxylic acids is 2. The van der Waals surface area contributed by atoms with Crippen molar-refractivity contribution >= 4 is 11.8 Å². The van der Waals surface area contributed by atoms with Gasteiger partial charge in [0.15, 0.2) is 0 Å². The van der Waals surface area contributed by atoms with Crippen LogP contribution in [0, 0.1) is 0 Å². The fourth-order valence-corrected chi connectivity index (χ4v) is 1.51. The lowest BCUT2D eigenvalue weighted by atomic mass is 10.6. The summed E-state index contributed by atoms with van der Waals surface area (Å²) in [5.41, 5.74) is 0. The third kappa shape index (κ3) is 32.4. The molecule has 0 fully saturated rings. The van der Waals surface area contributed by atoms with Gasteiger partial charge >= 0.3 is 0 Å². The Morgan fingerprint density at radius 1 is 0.643 bits per heavy atom. The van der Waals surface area contributed by atoms with Crippen LogP contribution in [0.2, 0.25) is 0 Å². The molecule has 0 aromatic rings. The standard InChI is InChI=1S/C15H30N2O7.2C2H6/c1-14(18)16-3-5-21-7-9-23-11-12-24-10-8-22-6-4-17-15(19)13-20-2;2*1-2/h3-13H2,1-2H3,(H,16,18)(H,17,19);2*1-2H3. The van der Waals surface area contributed by atoms with E-state index in [2.05, 4.69) is 15.4 Å². The van der Waals surface area contributed by atoms with E-state index >= 15 is 0 Å². The molecule has 0 atom stereocenters. The molecule has 170 valence electrons. The van der Waals surface area contributed by atoms with Crippen LogP contribution in [0.25, 0.3) is 0 Å². The van der Waals surface area contributed by atoms with Gasteiger partial charge in [-0.3, -0.25) is 9.59 Å². The monoisotopic (exact) mass is 410 g/mol. The smallest absolute Gasteiger partial charge is 0.246 e. The fraction of sp³-hybridized carbons (Fsp3) is 0.895. The summed E-state index contributed by atoms with van der Waals surface area (Å²) in [4.78, 5) is 21.6.